The molecule has 11 heavy (non-hydrogen) atoms. The van der Waals surface area contributed by atoms with Gasteiger partial charge in [0.2, 0.25) is 5.91 Å². The number of carbonyl (C=O) groups is 1. The van der Waals surface area contributed by atoms with Gasteiger partial charge in [-0.05, 0) is 25.2 Å². The van der Waals surface area contributed by atoms with Crippen molar-refractivity contribution in [2.75, 3.05) is 0 Å². The summed E-state index contributed by atoms with van der Waals surface area (Å²) in [5, 5.41) is 9.75. The van der Waals surface area contributed by atoms with Gasteiger partial charge in [-0.3, -0.25) is 4.79 Å². The summed E-state index contributed by atoms with van der Waals surface area (Å²) in [6.07, 6.45) is 3.22. The van der Waals surface area contributed by atoms with Crippen LogP contribution in [0.4, 0.5) is 0 Å². The molecule has 0 aliphatic heterocycles. The third-order valence-electron chi connectivity index (χ3n) is 2.71. The maximum atomic E-state index is 10.9. The average Bonchev–Trinajstić information content (AvgIpc) is 2.32. The van der Waals surface area contributed by atoms with Crippen LogP contribution in [0, 0.1) is 5.92 Å². The predicted molar refractivity (Wildman–Crippen MR) is 41.8 cm³/mol. The zero-order valence-corrected chi connectivity index (χ0v) is 6.84. The summed E-state index contributed by atoms with van der Waals surface area (Å²) >= 11 is 0. The van der Waals surface area contributed by atoms with Crippen LogP contribution in [0.2, 0.25) is 0 Å². The van der Waals surface area contributed by atoms with E-state index >= 15 is 0 Å². The molecule has 3 nitrogen and oxygen atoms in total. The fourth-order valence-electron chi connectivity index (χ4n) is 1.93. The minimum absolute atomic E-state index is 0.0833. The molecule has 0 saturated heterocycles. The van der Waals surface area contributed by atoms with E-state index in [0.29, 0.717) is 6.42 Å². The molecule has 1 aliphatic carbocycles. The third-order valence-corrected chi connectivity index (χ3v) is 2.71. The zero-order valence-electron chi connectivity index (χ0n) is 6.84. The van der Waals surface area contributed by atoms with Crippen molar-refractivity contribution >= 4 is 5.91 Å². The Labute approximate surface area is 66.6 Å². The highest BCUT2D eigenvalue weighted by Crippen LogP contribution is 2.37. The normalized spacial score (nSPS) is 37.5. The van der Waals surface area contributed by atoms with E-state index in [1.165, 1.54) is 0 Å². The Bertz CT molecular complexity index is 169. The molecule has 0 aromatic carbocycles. The first-order chi connectivity index (χ1) is 5.11. The highest BCUT2D eigenvalue weighted by molar-refractivity contribution is 5.83. The largest absolute Gasteiger partial charge is 0.380 e. The van der Waals surface area contributed by atoms with Crippen molar-refractivity contribution in [1.29, 1.82) is 0 Å². The van der Waals surface area contributed by atoms with Crippen molar-refractivity contribution in [1.82, 2.24) is 0 Å². The standard InChI is InChI=1S/C8H15NO2/c1-2-6-4-3-5-8(6,11)7(9)10/h6,11H,2-5H2,1H3,(H2,9,10). The Balaban J connectivity index is 2.75. The fourth-order valence-corrected chi connectivity index (χ4v) is 1.93. The van der Waals surface area contributed by atoms with Crippen LogP contribution in [0.3, 0.4) is 0 Å². The van der Waals surface area contributed by atoms with E-state index in [0.717, 1.165) is 19.3 Å². The highest BCUT2D eigenvalue weighted by atomic mass is 16.3. The molecular weight excluding hydrogens is 142 g/mol. The molecule has 0 heterocycles. The SMILES string of the molecule is CCC1CCCC1(O)C(N)=O. The Kier molecular flexibility index (Phi) is 2.18. The van der Waals surface area contributed by atoms with E-state index in [-0.39, 0.29) is 5.92 Å². The molecule has 1 saturated carbocycles. The Morgan fingerprint density at radius 3 is 2.82 bits per heavy atom. The van der Waals surface area contributed by atoms with E-state index in [1.54, 1.807) is 0 Å². The second-order valence-electron chi connectivity index (χ2n) is 3.29. The van der Waals surface area contributed by atoms with Crippen molar-refractivity contribution in [3.8, 4) is 0 Å². The van der Waals surface area contributed by atoms with Crippen molar-refractivity contribution in [3.63, 3.8) is 0 Å². The molecule has 64 valence electrons. The molecule has 1 amide bonds. The lowest BCUT2D eigenvalue weighted by Crippen LogP contribution is -2.46. The van der Waals surface area contributed by atoms with E-state index in [4.69, 9.17) is 5.73 Å². The predicted octanol–water partition coefficient (Wildman–Crippen LogP) is 0.413. The average molecular weight is 157 g/mol. The third kappa shape index (κ3) is 1.25. The van der Waals surface area contributed by atoms with E-state index in [1.807, 2.05) is 6.92 Å². The monoisotopic (exact) mass is 157 g/mol. The maximum absolute atomic E-state index is 10.9. The van der Waals surface area contributed by atoms with Crippen LogP contribution in [0.1, 0.15) is 32.6 Å². The van der Waals surface area contributed by atoms with Crippen LogP contribution < -0.4 is 5.73 Å². The lowest BCUT2D eigenvalue weighted by atomic mass is 9.88. The van der Waals surface area contributed by atoms with Gasteiger partial charge in [-0.15, -0.1) is 0 Å². The Hall–Kier alpha value is -0.570. The molecular formula is C8H15NO2. The van der Waals surface area contributed by atoms with Crippen molar-refractivity contribution in [2.24, 2.45) is 11.7 Å². The van der Waals surface area contributed by atoms with Gasteiger partial charge in [-0.25, -0.2) is 0 Å². The summed E-state index contributed by atoms with van der Waals surface area (Å²) < 4.78 is 0. The first-order valence-electron chi connectivity index (χ1n) is 4.13. The van der Waals surface area contributed by atoms with Gasteiger partial charge in [0, 0.05) is 0 Å². The molecule has 0 radical (unpaired) electrons. The quantitative estimate of drug-likeness (QED) is 0.610. The summed E-state index contributed by atoms with van der Waals surface area (Å²) in [6, 6.07) is 0. The summed E-state index contributed by atoms with van der Waals surface area (Å²) in [6.45, 7) is 1.98. The molecule has 0 aromatic heterocycles. The highest BCUT2D eigenvalue weighted by Gasteiger charge is 2.44. The van der Waals surface area contributed by atoms with Gasteiger partial charge in [0.25, 0.3) is 0 Å². The molecule has 0 aromatic rings. The summed E-state index contributed by atoms with van der Waals surface area (Å²) in [5.41, 5.74) is 3.91. The summed E-state index contributed by atoms with van der Waals surface area (Å²) in [5.74, 6) is -0.471. The number of rotatable bonds is 2. The van der Waals surface area contributed by atoms with E-state index < -0.39 is 11.5 Å². The van der Waals surface area contributed by atoms with E-state index in [9.17, 15) is 9.90 Å². The molecule has 3 heteroatoms. The minimum atomic E-state index is -1.20. The van der Waals surface area contributed by atoms with Gasteiger partial charge in [-0.2, -0.15) is 0 Å². The fraction of sp³-hybridized carbons (Fsp3) is 0.875. The lowest BCUT2D eigenvalue weighted by molar-refractivity contribution is -0.140. The summed E-state index contributed by atoms with van der Waals surface area (Å²) in [4.78, 5) is 10.9. The van der Waals surface area contributed by atoms with Gasteiger partial charge < -0.3 is 10.8 Å². The topological polar surface area (TPSA) is 63.3 Å². The van der Waals surface area contributed by atoms with Crippen molar-refractivity contribution < 1.29 is 9.90 Å². The van der Waals surface area contributed by atoms with Gasteiger partial charge >= 0.3 is 0 Å². The molecule has 0 spiro atoms. The van der Waals surface area contributed by atoms with Crippen LogP contribution in [-0.2, 0) is 4.79 Å². The first-order valence-corrected chi connectivity index (χ1v) is 4.13. The summed E-state index contributed by atoms with van der Waals surface area (Å²) in [7, 11) is 0. The van der Waals surface area contributed by atoms with Crippen molar-refractivity contribution in [3.05, 3.63) is 0 Å². The second kappa shape index (κ2) is 2.81. The maximum Gasteiger partial charge on any atom is 0.249 e. The Morgan fingerprint density at radius 2 is 2.45 bits per heavy atom. The number of nitrogens with two attached hydrogens (primary N) is 1. The number of aliphatic hydroxyl groups is 1. The number of amides is 1. The number of hydrogen-bond donors (Lipinski definition) is 2. The molecule has 0 bridgehead atoms. The van der Waals surface area contributed by atoms with E-state index in [2.05, 4.69) is 0 Å². The molecule has 1 fully saturated rings. The zero-order chi connectivity index (χ0) is 8.48. The number of carbonyl (C=O) groups excluding carboxylic acids is 1. The number of hydrogen-bond acceptors (Lipinski definition) is 2. The van der Waals surface area contributed by atoms with Crippen LogP contribution in [-0.4, -0.2) is 16.6 Å². The van der Waals surface area contributed by atoms with Crippen LogP contribution in [0.5, 0.6) is 0 Å². The van der Waals surface area contributed by atoms with Crippen LogP contribution in [0.25, 0.3) is 0 Å². The minimum Gasteiger partial charge on any atom is -0.380 e. The second-order valence-corrected chi connectivity index (χ2v) is 3.29. The first kappa shape index (κ1) is 8.53. The molecule has 2 atom stereocenters. The Morgan fingerprint density at radius 1 is 1.82 bits per heavy atom. The number of primary amides is 1. The molecule has 3 N–H and O–H groups in total. The van der Waals surface area contributed by atoms with Crippen molar-refractivity contribution in [2.45, 2.75) is 38.2 Å². The van der Waals surface area contributed by atoms with Crippen LogP contribution >= 0.6 is 0 Å². The lowest BCUT2D eigenvalue weighted by Gasteiger charge is -2.25. The van der Waals surface area contributed by atoms with Gasteiger partial charge in [0.05, 0.1) is 0 Å². The smallest absolute Gasteiger partial charge is 0.249 e. The van der Waals surface area contributed by atoms with Gasteiger partial charge in [-0.1, -0.05) is 13.3 Å². The molecule has 2 unspecified atom stereocenters. The van der Waals surface area contributed by atoms with Gasteiger partial charge in [0.15, 0.2) is 0 Å². The molecule has 1 aliphatic rings. The van der Waals surface area contributed by atoms with Gasteiger partial charge in [0.1, 0.15) is 5.60 Å². The molecule has 1 rings (SSSR count). The van der Waals surface area contributed by atoms with Crippen LogP contribution in [0.15, 0.2) is 0 Å².